The van der Waals surface area contributed by atoms with E-state index in [1.807, 2.05) is 54.6 Å². The quantitative estimate of drug-likeness (QED) is 0.400. The molecule has 3 amide bonds. The molecule has 2 heterocycles. The summed E-state index contributed by atoms with van der Waals surface area (Å²) in [6, 6.07) is 16.0. The van der Waals surface area contributed by atoms with E-state index in [0.717, 1.165) is 36.0 Å². The number of nitrogens with zero attached hydrogens (tertiary/aromatic N) is 3. The van der Waals surface area contributed by atoms with Crippen molar-refractivity contribution in [3.63, 3.8) is 0 Å². The highest BCUT2D eigenvalue weighted by Crippen LogP contribution is 2.26. The Morgan fingerprint density at radius 2 is 1.74 bits per heavy atom. The summed E-state index contributed by atoms with van der Waals surface area (Å²) in [6.07, 6.45) is 2.61. The van der Waals surface area contributed by atoms with Gasteiger partial charge in [-0.05, 0) is 30.5 Å². The number of aromatic nitrogens is 2. The molecule has 1 aliphatic rings. The van der Waals surface area contributed by atoms with Crippen molar-refractivity contribution in [2.24, 2.45) is 0 Å². The zero-order chi connectivity index (χ0) is 23.9. The molecular weight excluding hydrogens is 434 g/mol. The van der Waals surface area contributed by atoms with Crippen molar-refractivity contribution in [3.05, 3.63) is 60.2 Å². The van der Waals surface area contributed by atoms with Crippen molar-refractivity contribution in [2.75, 3.05) is 18.0 Å². The van der Waals surface area contributed by atoms with Gasteiger partial charge >= 0.3 is 12.0 Å². The predicted molar refractivity (Wildman–Crippen MR) is 129 cm³/mol. The Bertz CT molecular complexity index is 1160. The lowest BCUT2D eigenvalue weighted by Gasteiger charge is -2.15. The molecule has 0 bridgehead atoms. The van der Waals surface area contributed by atoms with E-state index in [2.05, 4.69) is 20.2 Å². The number of carboxylic acid groups (broad SMARTS) is 1. The van der Waals surface area contributed by atoms with E-state index in [1.165, 1.54) is 0 Å². The minimum atomic E-state index is -1.05. The van der Waals surface area contributed by atoms with Crippen LogP contribution >= 0.6 is 0 Å². The van der Waals surface area contributed by atoms with Gasteiger partial charge in [-0.25, -0.2) is 14.6 Å². The lowest BCUT2D eigenvalue weighted by atomic mass is 10.1. The van der Waals surface area contributed by atoms with Gasteiger partial charge in [0.1, 0.15) is 6.04 Å². The third-order valence-corrected chi connectivity index (χ3v) is 5.94. The first kappa shape index (κ1) is 23.3. The molecule has 0 radical (unpaired) electrons. The lowest BCUT2D eigenvalue weighted by molar-refractivity contribution is -0.141. The monoisotopic (exact) mass is 463 g/mol. The van der Waals surface area contributed by atoms with Gasteiger partial charge < -0.3 is 20.3 Å². The van der Waals surface area contributed by atoms with Crippen LogP contribution in [0, 0.1) is 0 Å². The van der Waals surface area contributed by atoms with E-state index in [9.17, 15) is 19.5 Å². The smallest absolute Gasteiger partial charge is 0.326 e. The van der Waals surface area contributed by atoms with Gasteiger partial charge in [0, 0.05) is 32.5 Å². The maximum atomic E-state index is 12.6. The Kier molecular flexibility index (Phi) is 7.41. The molecule has 3 aromatic rings. The number of carboxylic acids is 1. The minimum absolute atomic E-state index is 0.169. The molecule has 1 atom stereocenters. The van der Waals surface area contributed by atoms with Crippen LogP contribution in [-0.4, -0.2) is 51.7 Å². The number of carbonyl (C=O) groups is 3. The number of anilines is 1. The number of para-hydroxylation sites is 2. The van der Waals surface area contributed by atoms with Gasteiger partial charge in [-0.1, -0.05) is 48.9 Å². The summed E-state index contributed by atoms with van der Waals surface area (Å²) in [5.41, 5.74) is 2.77. The number of nitrogens with one attached hydrogen (secondary N) is 2. The average molecular weight is 464 g/mol. The third kappa shape index (κ3) is 5.54. The summed E-state index contributed by atoms with van der Waals surface area (Å²) >= 11 is 0. The fourth-order valence-electron chi connectivity index (χ4n) is 4.18. The van der Waals surface area contributed by atoms with Crippen molar-refractivity contribution in [1.82, 2.24) is 20.2 Å². The van der Waals surface area contributed by atoms with Crippen LogP contribution in [0.4, 0.5) is 10.7 Å². The van der Waals surface area contributed by atoms with Crippen LogP contribution in [0.25, 0.3) is 11.0 Å². The van der Waals surface area contributed by atoms with Crippen molar-refractivity contribution in [2.45, 2.75) is 44.7 Å². The Labute approximate surface area is 197 Å². The van der Waals surface area contributed by atoms with E-state index in [4.69, 9.17) is 0 Å². The molecule has 34 heavy (non-hydrogen) atoms. The van der Waals surface area contributed by atoms with Gasteiger partial charge in [0.15, 0.2) is 0 Å². The zero-order valence-corrected chi connectivity index (χ0v) is 18.9. The number of benzene rings is 2. The van der Waals surface area contributed by atoms with Crippen LogP contribution < -0.4 is 15.5 Å². The van der Waals surface area contributed by atoms with Crippen LogP contribution in [0.1, 0.15) is 31.2 Å². The first-order chi connectivity index (χ1) is 16.5. The van der Waals surface area contributed by atoms with Gasteiger partial charge in [-0.2, -0.15) is 0 Å². The zero-order valence-electron chi connectivity index (χ0n) is 18.9. The third-order valence-electron chi connectivity index (χ3n) is 5.94. The molecule has 0 aliphatic carbocycles. The van der Waals surface area contributed by atoms with Crippen molar-refractivity contribution < 1.29 is 19.5 Å². The molecule has 3 N–H and O–H groups in total. The number of hydrogen-bond donors (Lipinski definition) is 3. The maximum absolute atomic E-state index is 12.6. The normalized spacial score (nSPS) is 13.5. The van der Waals surface area contributed by atoms with Gasteiger partial charge in [0.25, 0.3) is 0 Å². The highest BCUT2D eigenvalue weighted by molar-refractivity contribution is 5.93. The SMILES string of the molecule is O=C(CCCCCNC(=O)N1CCn2c1nc1ccccc12)N[C@H](Cc1ccccc1)C(=O)O. The highest BCUT2D eigenvalue weighted by Gasteiger charge is 2.28. The summed E-state index contributed by atoms with van der Waals surface area (Å²) in [5, 5.41) is 14.9. The van der Waals surface area contributed by atoms with Gasteiger partial charge in [-0.3, -0.25) is 9.69 Å². The van der Waals surface area contributed by atoms with Gasteiger partial charge in [0.05, 0.1) is 11.0 Å². The first-order valence-electron chi connectivity index (χ1n) is 11.6. The summed E-state index contributed by atoms with van der Waals surface area (Å²) < 4.78 is 2.05. The number of hydrogen-bond acceptors (Lipinski definition) is 4. The molecule has 0 spiro atoms. The lowest BCUT2D eigenvalue weighted by Crippen LogP contribution is -2.42. The molecule has 2 aromatic carbocycles. The maximum Gasteiger partial charge on any atom is 0.326 e. The molecule has 0 unspecified atom stereocenters. The molecule has 0 fully saturated rings. The Morgan fingerprint density at radius 1 is 0.971 bits per heavy atom. The second kappa shape index (κ2) is 10.8. The van der Waals surface area contributed by atoms with E-state index >= 15 is 0 Å². The number of imidazole rings is 1. The second-order valence-corrected chi connectivity index (χ2v) is 8.39. The van der Waals surface area contributed by atoms with E-state index in [0.29, 0.717) is 25.5 Å². The van der Waals surface area contributed by atoms with Crippen molar-refractivity contribution in [3.8, 4) is 0 Å². The van der Waals surface area contributed by atoms with Gasteiger partial charge in [-0.15, -0.1) is 0 Å². The first-order valence-corrected chi connectivity index (χ1v) is 11.6. The molecule has 4 rings (SSSR count). The van der Waals surface area contributed by atoms with Crippen LogP contribution in [-0.2, 0) is 22.6 Å². The molecule has 178 valence electrons. The molecule has 9 nitrogen and oxygen atoms in total. The van der Waals surface area contributed by atoms with Crippen LogP contribution in [0.3, 0.4) is 0 Å². The molecule has 1 aromatic heterocycles. The topological polar surface area (TPSA) is 117 Å². The summed E-state index contributed by atoms with van der Waals surface area (Å²) in [6.45, 7) is 1.82. The number of amides is 3. The number of carbonyl (C=O) groups excluding carboxylic acids is 2. The van der Waals surface area contributed by atoms with E-state index < -0.39 is 12.0 Å². The highest BCUT2D eigenvalue weighted by atomic mass is 16.4. The van der Waals surface area contributed by atoms with Crippen molar-refractivity contribution >= 4 is 34.9 Å². The largest absolute Gasteiger partial charge is 0.480 e. The standard InChI is InChI=1S/C25H29N5O4/c31-22(27-20(23(32)33)17-18-9-3-1-4-10-18)13-5-2-8-14-26-25(34)30-16-15-29-21-12-7-6-11-19(21)28-24(29)30/h1,3-4,6-7,9-12,20H,2,5,8,13-17H2,(H,26,34)(H,27,31)(H,32,33)/t20-/m1/s1. The van der Waals surface area contributed by atoms with Gasteiger partial charge in [0.2, 0.25) is 11.9 Å². The average Bonchev–Trinajstić information content (AvgIpc) is 3.41. The molecule has 1 aliphatic heterocycles. The number of rotatable bonds is 10. The number of fused-ring (bicyclic) bond motifs is 3. The Balaban J connectivity index is 1.15. The number of aliphatic carboxylic acids is 1. The summed E-state index contributed by atoms with van der Waals surface area (Å²) in [4.78, 5) is 42.5. The van der Waals surface area contributed by atoms with Crippen LogP contribution in [0.15, 0.2) is 54.6 Å². The predicted octanol–water partition coefficient (Wildman–Crippen LogP) is 2.94. The summed E-state index contributed by atoms with van der Waals surface area (Å²) in [5.74, 6) is -0.655. The number of unbranched alkanes of at least 4 members (excludes halogenated alkanes) is 2. The number of urea groups is 1. The van der Waals surface area contributed by atoms with Crippen LogP contribution in [0.2, 0.25) is 0 Å². The summed E-state index contributed by atoms with van der Waals surface area (Å²) in [7, 11) is 0. The molecular formula is C25H29N5O4. The van der Waals surface area contributed by atoms with Crippen molar-refractivity contribution in [1.29, 1.82) is 0 Å². The fourth-order valence-corrected chi connectivity index (χ4v) is 4.18. The molecule has 9 heteroatoms. The Hall–Kier alpha value is -3.88. The second-order valence-electron chi connectivity index (χ2n) is 8.39. The molecule has 0 saturated carbocycles. The minimum Gasteiger partial charge on any atom is -0.480 e. The van der Waals surface area contributed by atoms with Crippen LogP contribution in [0.5, 0.6) is 0 Å². The Morgan fingerprint density at radius 3 is 2.53 bits per heavy atom. The fraction of sp³-hybridized carbons (Fsp3) is 0.360. The van der Waals surface area contributed by atoms with E-state index in [1.54, 1.807) is 4.90 Å². The van der Waals surface area contributed by atoms with E-state index in [-0.39, 0.29) is 24.8 Å². The molecule has 0 saturated heterocycles.